The molecule has 1 amide bonds. The van der Waals surface area contributed by atoms with E-state index in [0.29, 0.717) is 25.3 Å². The molecule has 1 aliphatic heterocycles. The molecule has 0 unspecified atom stereocenters. The normalized spacial score (nSPS) is 17.7. The molecule has 3 aromatic rings. The van der Waals surface area contributed by atoms with Crippen LogP contribution in [-0.2, 0) is 14.8 Å². The van der Waals surface area contributed by atoms with Crippen LogP contribution in [0.1, 0.15) is 38.6 Å². The highest BCUT2D eigenvalue weighted by Crippen LogP contribution is 2.35. The largest absolute Gasteiger partial charge is 0.346 e. The zero-order valence-electron chi connectivity index (χ0n) is 17.4. The molecule has 2 fully saturated rings. The smallest absolute Gasteiger partial charge is 0.215 e. The Bertz CT molecular complexity index is 1210. The molecular formula is C21H26N6O3S. The highest BCUT2D eigenvalue weighted by atomic mass is 32.2. The number of pyridine rings is 1. The molecule has 0 atom stereocenters. The van der Waals surface area contributed by atoms with E-state index in [4.69, 9.17) is 0 Å². The molecule has 10 heteroatoms. The van der Waals surface area contributed by atoms with E-state index in [-0.39, 0.29) is 17.8 Å². The number of unbranched alkanes of at least 4 members (excludes halogenated alkanes) is 1. The number of sulfonamides is 1. The van der Waals surface area contributed by atoms with Crippen LogP contribution in [0.4, 0.5) is 5.82 Å². The van der Waals surface area contributed by atoms with Gasteiger partial charge in [-0.2, -0.15) is 9.40 Å². The van der Waals surface area contributed by atoms with Crippen LogP contribution in [0.15, 0.2) is 30.7 Å². The van der Waals surface area contributed by atoms with Crippen LogP contribution in [0, 0.1) is 0 Å². The van der Waals surface area contributed by atoms with Crippen LogP contribution in [0.25, 0.3) is 22.2 Å². The molecule has 9 nitrogen and oxygen atoms in total. The first-order chi connectivity index (χ1) is 15.0. The van der Waals surface area contributed by atoms with Crippen molar-refractivity contribution < 1.29 is 13.2 Å². The van der Waals surface area contributed by atoms with Crippen molar-refractivity contribution in [1.29, 1.82) is 0 Å². The summed E-state index contributed by atoms with van der Waals surface area (Å²) in [5.74, 6) is 0.840. The van der Waals surface area contributed by atoms with Crippen molar-refractivity contribution in [2.75, 3.05) is 23.7 Å². The van der Waals surface area contributed by atoms with Crippen LogP contribution in [0.5, 0.6) is 0 Å². The minimum absolute atomic E-state index is 0.0334. The van der Waals surface area contributed by atoms with Gasteiger partial charge >= 0.3 is 0 Å². The van der Waals surface area contributed by atoms with Crippen LogP contribution in [-0.4, -0.2) is 63.8 Å². The number of carbonyl (C=O) groups is 1. The molecule has 164 valence electrons. The van der Waals surface area contributed by atoms with E-state index in [1.165, 1.54) is 0 Å². The summed E-state index contributed by atoms with van der Waals surface area (Å²) in [6, 6.07) is 4.16. The van der Waals surface area contributed by atoms with Crippen molar-refractivity contribution in [3.05, 3.63) is 30.7 Å². The zero-order valence-corrected chi connectivity index (χ0v) is 18.3. The topological polar surface area (TPSA) is 104 Å². The van der Waals surface area contributed by atoms with E-state index in [1.54, 1.807) is 15.4 Å². The molecule has 2 aliphatic rings. The molecule has 4 heterocycles. The fourth-order valence-corrected chi connectivity index (χ4v) is 5.73. The van der Waals surface area contributed by atoms with Gasteiger partial charge in [-0.3, -0.25) is 14.4 Å². The Morgan fingerprint density at radius 2 is 2.13 bits per heavy atom. The van der Waals surface area contributed by atoms with Gasteiger partial charge in [-0.25, -0.2) is 13.4 Å². The van der Waals surface area contributed by atoms with Crippen molar-refractivity contribution in [3.63, 3.8) is 0 Å². The fraction of sp³-hybridized carbons (Fsp3) is 0.476. The first kappa shape index (κ1) is 20.2. The van der Waals surface area contributed by atoms with E-state index < -0.39 is 10.0 Å². The average molecular weight is 443 g/mol. The van der Waals surface area contributed by atoms with E-state index >= 15 is 0 Å². The first-order valence-corrected chi connectivity index (χ1v) is 12.3. The summed E-state index contributed by atoms with van der Waals surface area (Å²) in [6.07, 6.45) is 9.98. The van der Waals surface area contributed by atoms with Gasteiger partial charge in [0, 0.05) is 42.5 Å². The Balaban J connectivity index is 1.39. The average Bonchev–Trinajstić information content (AvgIpc) is 3.23. The van der Waals surface area contributed by atoms with Crippen molar-refractivity contribution >= 4 is 33.3 Å². The van der Waals surface area contributed by atoms with E-state index in [2.05, 4.69) is 15.1 Å². The highest BCUT2D eigenvalue weighted by Gasteiger charge is 2.37. The van der Waals surface area contributed by atoms with Gasteiger partial charge in [-0.15, -0.1) is 0 Å². The summed E-state index contributed by atoms with van der Waals surface area (Å²) in [6.45, 7) is 2.90. The Morgan fingerprint density at radius 1 is 1.32 bits per heavy atom. The summed E-state index contributed by atoms with van der Waals surface area (Å²) in [7, 11) is -3.17. The van der Waals surface area contributed by atoms with Gasteiger partial charge in [-0.1, -0.05) is 13.3 Å². The third-order valence-electron chi connectivity index (χ3n) is 6.10. The van der Waals surface area contributed by atoms with Gasteiger partial charge in [0.1, 0.15) is 11.5 Å². The number of rotatable bonds is 9. The van der Waals surface area contributed by atoms with Gasteiger partial charge < -0.3 is 4.98 Å². The Morgan fingerprint density at radius 3 is 2.84 bits per heavy atom. The molecule has 5 rings (SSSR count). The van der Waals surface area contributed by atoms with Crippen LogP contribution < -0.4 is 4.90 Å². The Hall–Kier alpha value is -2.72. The molecule has 0 aromatic carbocycles. The predicted molar refractivity (Wildman–Crippen MR) is 118 cm³/mol. The molecule has 3 aromatic heterocycles. The lowest BCUT2D eigenvalue weighted by Crippen LogP contribution is -2.51. The number of nitrogens with zero attached hydrogens (tertiary/aromatic N) is 5. The van der Waals surface area contributed by atoms with Crippen LogP contribution in [0.3, 0.4) is 0 Å². The minimum atomic E-state index is -3.17. The van der Waals surface area contributed by atoms with Crippen LogP contribution >= 0.6 is 0 Å². The highest BCUT2D eigenvalue weighted by molar-refractivity contribution is 7.89. The third kappa shape index (κ3) is 3.74. The summed E-state index contributed by atoms with van der Waals surface area (Å²) in [4.78, 5) is 21.1. The van der Waals surface area contributed by atoms with Gasteiger partial charge in [0.05, 0.1) is 18.0 Å². The number of H-pyrrole nitrogens is 1. The molecule has 1 saturated heterocycles. The monoisotopic (exact) mass is 442 g/mol. The second-order valence-electron chi connectivity index (χ2n) is 8.36. The number of hydrogen-bond acceptors (Lipinski definition) is 5. The predicted octanol–water partition coefficient (Wildman–Crippen LogP) is 2.54. The zero-order chi connectivity index (χ0) is 21.6. The quantitative estimate of drug-likeness (QED) is 0.513. The van der Waals surface area contributed by atoms with E-state index in [1.807, 2.05) is 36.1 Å². The SMILES string of the molecule is CCCCS(=O)(=O)N1CC(n2cc(-c3cc(N(C=O)C4CC4)nc4[nH]ccc34)cn2)C1. The van der Waals surface area contributed by atoms with Crippen molar-refractivity contribution in [2.45, 2.75) is 44.7 Å². The molecule has 1 aliphatic carbocycles. The number of fused-ring (bicyclic) bond motifs is 1. The number of aromatic nitrogens is 4. The molecular weight excluding hydrogens is 416 g/mol. The Kier molecular flexibility index (Phi) is 5.05. The van der Waals surface area contributed by atoms with Gasteiger partial charge in [0.15, 0.2) is 0 Å². The van der Waals surface area contributed by atoms with Crippen molar-refractivity contribution in [3.8, 4) is 11.1 Å². The van der Waals surface area contributed by atoms with Crippen LogP contribution in [0.2, 0.25) is 0 Å². The molecule has 31 heavy (non-hydrogen) atoms. The van der Waals surface area contributed by atoms with Gasteiger partial charge in [-0.05, 0) is 37.0 Å². The number of hydrogen-bond donors (Lipinski definition) is 1. The van der Waals surface area contributed by atoms with E-state index in [0.717, 1.165) is 47.8 Å². The maximum Gasteiger partial charge on any atom is 0.215 e. The molecule has 0 bridgehead atoms. The maximum atomic E-state index is 12.3. The lowest BCUT2D eigenvalue weighted by Gasteiger charge is -2.38. The van der Waals surface area contributed by atoms with Crippen molar-refractivity contribution in [2.24, 2.45) is 0 Å². The molecule has 1 saturated carbocycles. The maximum absolute atomic E-state index is 12.3. The summed E-state index contributed by atoms with van der Waals surface area (Å²) in [5, 5.41) is 5.47. The lowest BCUT2D eigenvalue weighted by molar-refractivity contribution is -0.107. The number of carbonyl (C=O) groups excluding carboxylic acids is 1. The number of nitrogens with one attached hydrogen (secondary N) is 1. The fourth-order valence-electron chi connectivity index (χ4n) is 4.02. The number of aromatic amines is 1. The summed E-state index contributed by atoms with van der Waals surface area (Å²) in [5.41, 5.74) is 2.60. The Labute approximate surface area is 181 Å². The minimum Gasteiger partial charge on any atom is -0.346 e. The standard InChI is InChI=1S/C21H26N6O3S/c1-2-3-8-31(29,30)25-12-17(13-25)27-11-15(10-23-27)19-9-20(26(14-28)16-4-5-16)24-21-18(19)6-7-22-21/h6-7,9-11,14,16-17H,2-5,8,12-13H2,1H3,(H,22,24). The lowest BCUT2D eigenvalue weighted by atomic mass is 10.1. The van der Waals surface area contributed by atoms with Gasteiger partial charge in [0.2, 0.25) is 16.4 Å². The summed E-state index contributed by atoms with van der Waals surface area (Å²) >= 11 is 0. The number of amides is 1. The van der Waals surface area contributed by atoms with Gasteiger partial charge in [0.25, 0.3) is 0 Å². The third-order valence-corrected chi connectivity index (χ3v) is 7.99. The molecule has 0 radical (unpaired) electrons. The number of anilines is 1. The summed E-state index contributed by atoms with van der Waals surface area (Å²) < 4.78 is 28.1. The second kappa shape index (κ2) is 7.76. The van der Waals surface area contributed by atoms with Crippen molar-refractivity contribution in [1.82, 2.24) is 24.1 Å². The molecule has 0 spiro atoms. The molecule has 1 N–H and O–H groups in total. The van der Waals surface area contributed by atoms with E-state index in [9.17, 15) is 13.2 Å². The first-order valence-electron chi connectivity index (χ1n) is 10.7. The second-order valence-corrected chi connectivity index (χ2v) is 10.4.